The maximum Gasteiger partial charge on any atom is 0.413 e. The van der Waals surface area contributed by atoms with Gasteiger partial charge in [0.05, 0.1) is 7.11 Å². The number of benzene rings is 2. The van der Waals surface area contributed by atoms with Crippen molar-refractivity contribution in [1.29, 1.82) is 0 Å². The number of hydrogen-bond donors (Lipinski definition) is 1. The van der Waals surface area contributed by atoms with Crippen LogP contribution in [0.2, 0.25) is 0 Å². The molecule has 2 aromatic rings. The predicted octanol–water partition coefficient (Wildman–Crippen LogP) is 4.26. The van der Waals surface area contributed by atoms with Gasteiger partial charge in [-0.3, -0.25) is 9.80 Å². The lowest BCUT2D eigenvalue weighted by Gasteiger charge is -2.41. The van der Waals surface area contributed by atoms with Crippen LogP contribution in [0.1, 0.15) is 41.0 Å². The van der Waals surface area contributed by atoms with E-state index < -0.39 is 47.2 Å². The topological polar surface area (TPSA) is 124 Å². The van der Waals surface area contributed by atoms with Gasteiger partial charge in [-0.25, -0.2) is 19.2 Å². The molecule has 2 atom stereocenters. The minimum Gasteiger partial charge on any atom is -0.467 e. The molecule has 1 unspecified atom stereocenters. The minimum absolute atomic E-state index is 0.227. The minimum atomic E-state index is -1.06. The first-order valence-corrected chi connectivity index (χ1v) is 13.9. The molecule has 228 valence electrons. The molecule has 0 saturated carbocycles. The van der Waals surface area contributed by atoms with Crippen LogP contribution < -0.4 is 14.8 Å². The van der Waals surface area contributed by atoms with E-state index in [9.17, 15) is 19.2 Å². The van der Waals surface area contributed by atoms with Crippen molar-refractivity contribution >= 4 is 24.1 Å². The van der Waals surface area contributed by atoms with E-state index in [1.54, 1.807) is 81.4 Å². The fraction of sp³-hybridized carbons (Fsp3) is 0.484. The summed E-state index contributed by atoms with van der Waals surface area (Å²) in [5, 5.41) is 2.70. The first kappa shape index (κ1) is 32.4. The van der Waals surface area contributed by atoms with Gasteiger partial charge in [-0.15, -0.1) is 0 Å². The zero-order valence-electron chi connectivity index (χ0n) is 25.1. The van der Waals surface area contributed by atoms with Gasteiger partial charge in [0.25, 0.3) is 0 Å². The summed E-state index contributed by atoms with van der Waals surface area (Å²) in [7, 11) is 1.28. The van der Waals surface area contributed by atoms with Crippen LogP contribution in [-0.2, 0) is 19.1 Å². The zero-order valence-corrected chi connectivity index (χ0v) is 25.1. The highest BCUT2D eigenvalue weighted by molar-refractivity contribution is 5.84. The molecule has 2 aromatic carbocycles. The maximum atomic E-state index is 13.4. The Kier molecular flexibility index (Phi) is 10.9. The molecule has 0 aromatic heterocycles. The summed E-state index contributed by atoms with van der Waals surface area (Å²) in [6, 6.07) is 15.2. The Morgan fingerprint density at radius 1 is 0.881 bits per heavy atom. The fourth-order valence-electron chi connectivity index (χ4n) is 4.49. The third kappa shape index (κ3) is 9.47. The highest BCUT2D eigenvalue weighted by Crippen LogP contribution is 2.29. The predicted molar refractivity (Wildman–Crippen MR) is 155 cm³/mol. The van der Waals surface area contributed by atoms with E-state index in [0.29, 0.717) is 31.0 Å². The Hall–Kier alpha value is -4.12. The first-order chi connectivity index (χ1) is 19.8. The SMILES string of the molecule is COC(=O)[C@@H]1CN(CCC(C)(C)C(NC(=O)Oc2ccccc2)C(=O)Oc2ccccc2)CCN1C(=O)OC(C)(C)C. The van der Waals surface area contributed by atoms with Crippen LogP contribution >= 0.6 is 0 Å². The van der Waals surface area contributed by atoms with Gasteiger partial charge in [0.2, 0.25) is 0 Å². The molecule has 1 aliphatic heterocycles. The van der Waals surface area contributed by atoms with Crippen molar-refractivity contribution in [2.75, 3.05) is 33.3 Å². The van der Waals surface area contributed by atoms with Crippen molar-refractivity contribution in [3.05, 3.63) is 60.7 Å². The van der Waals surface area contributed by atoms with Crippen LogP contribution in [0.3, 0.4) is 0 Å². The highest BCUT2D eigenvalue weighted by atomic mass is 16.6. The molecule has 11 nitrogen and oxygen atoms in total. The molecule has 1 saturated heterocycles. The van der Waals surface area contributed by atoms with Gasteiger partial charge in [-0.2, -0.15) is 0 Å². The molecule has 3 rings (SSSR count). The van der Waals surface area contributed by atoms with Crippen molar-refractivity contribution in [2.24, 2.45) is 5.41 Å². The highest BCUT2D eigenvalue weighted by Gasteiger charge is 2.41. The second-order valence-corrected chi connectivity index (χ2v) is 11.8. The molecule has 0 radical (unpaired) electrons. The number of nitrogens with zero attached hydrogens (tertiary/aromatic N) is 2. The van der Waals surface area contributed by atoms with E-state index >= 15 is 0 Å². The molecule has 1 fully saturated rings. The number of rotatable bonds is 9. The summed E-state index contributed by atoms with van der Waals surface area (Å²) >= 11 is 0. The Balaban J connectivity index is 1.72. The van der Waals surface area contributed by atoms with E-state index in [2.05, 4.69) is 5.32 Å². The van der Waals surface area contributed by atoms with Crippen LogP contribution in [0, 0.1) is 5.41 Å². The number of carbonyl (C=O) groups excluding carboxylic acids is 4. The number of amides is 2. The summed E-state index contributed by atoms with van der Waals surface area (Å²) in [5.74, 6) is -0.502. The number of hydrogen-bond acceptors (Lipinski definition) is 9. The molecule has 1 aliphatic rings. The Morgan fingerprint density at radius 3 is 2.00 bits per heavy atom. The second-order valence-electron chi connectivity index (χ2n) is 11.8. The molecule has 42 heavy (non-hydrogen) atoms. The summed E-state index contributed by atoms with van der Waals surface area (Å²) in [5.41, 5.74) is -1.51. The molecule has 0 bridgehead atoms. The van der Waals surface area contributed by atoms with Gasteiger partial charge in [0.1, 0.15) is 29.2 Å². The van der Waals surface area contributed by atoms with Crippen LogP contribution in [0.25, 0.3) is 0 Å². The lowest BCUT2D eigenvalue weighted by atomic mass is 9.80. The third-order valence-electron chi connectivity index (χ3n) is 6.83. The van der Waals surface area contributed by atoms with Gasteiger partial charge in [-0.1, -0.05) is 50.2 Å². The Morgan fingerprint density at radius 2 is 1.45 bits per heavy atom. The lowest BCUT2D eigenvalue weighted by Crippen LogP contribution is -2.60. The molecule has 2 amide bonds. The lowest BCUT2D eigenvalue weighted by molar-refractivity contribution is -0.149. The van der Waals surface area contributed by atoms with E-state index in [-0.39, 0.29) is 13.1 Å². The third-order valence-corrected chi connectivity index (χ3v) is 6.83. The van der Waals surface area contributed by atoms with Crippen molar-refractivity contribution in [2.45, 2.75) is 58.7 Å². The average Bonchev–Trinajstić information content (AvgIpc) is 2.94. The van der Waals surface area contributed by atoms with Gasteiger partial charge >= 0.3 is 24.1 Å². The summed E-state index contributed by atoms with van der Waals surface area (Å²) in [4.78, 5) is 55.0. The molecule has 1 heterocycles. The van der Waals surface area contributed by atoms with E-state index in [1.807, 2.05) is 18.7 Å². The maximum absolute atomic E-state index is 13.4. The molecular formula is C31H41N3O8. The van der Waals surface area contributed by atoms with Gasteiger partial charge in [-0.05, 0) is 63.4 Å². The van der Waals surface area contributed by atoms with Crippen molar-refractivity contribution in [1.82, 2.24) is 15.1 Å². The molecular weight excluding hydrogens is 542 g/mol. The number of ether oxygens (including phenoxy) is 4. The number of carbonyl (C=O) groups is 4. The van der Waals surface area contributed by atoms with Gasteiger partial charge in [0, 0.05) is 19.6 Å². The molecule has 1 N–H and O–H groups in total. The number of para-hydroxylation sites is 2. The summed E-state index contributed by atoms with van der Waals surface area (Å²) in [6.07, 6.45) is -0.934. The first-order valence-electron chi connectivity index (χ1n) is 13.9. The normalized spacial score (nSPS) is 16.6. The largest absolute Gasteiger partial charge is 0.467 e. The van der Waals surface area contributed by atoms with Crippen LogP contribution in [0.5, 0.6) is 11.5 Å². The average molecular weight is 584 g/mol. The fourth-order valence-corrected chi connectivity index (χ4v) is 4.49. The Labute approximate surface area is 247 Å². The van der Waals surface area contributed by atoms with Crippen molar-refractivity contribution < 1.29 is 38.1 Å². The molecule has 11 heteroatoms. The standard InChI is InChI=1S/C31H41N3O8/c1-30(2,3)42-29(38)34-20-19-33(21-24(34)26(35)39-6)18-17-31(4,5)25(27(36)40-22-13-9-7-10-14-22)32-28(37)41-23-15-11-8-12-16-23/h7-16,24-25H,17-21H2,1-6H3,(H,32,37)/t24-,25?/m0/s1. The quantitative estimate of drug-likeness (QED) is 0.341. The number of esters is 2. The van der Waals surface area contributed by atoms with Gasteiger partial charge < -0.3 is 24.3 Å². The van der Waals surface area contributed by atoms with Crippen molar-refractivity contribution in [3.63, 3.8) is 0 Å². The van der Waals surface area contributed by atoms with Crippen LogP contribution in [0.4, 0.5) is 9.59 Å². The Bertz CT molecular complexity index is 1210. The number of nitrogens with one attached hydrogen (secondary N) is 1. The molecule has 0 aliphatic carbocycles. The van der Waals surface area contributed by atoms with E-state index in [1.165, 1.54) is 12.0 Å². The smallest absolute Gasteiger partial charge is 0.413 e. The summed E-state index contributed by atoms with van der Waals surface area (Å²) in [6.45, 7) is 10.4. The summed E-state index contributed by atoms with van der Waals surface area (Å²) < 4.78 is 21.5. The second kappa shape index (κ2) is 14.2. The monoisotopic (exact) mass is 583 g/mol. The molecule has 0 spiro atoms. The van der Waals surface area contributed by atoms with Crippen LogP contribution in [0.15, 0.2) is 60.7 Å². The van der Waals surface area contributed by atoms with Crippen molar-refractivity contribution in [3.8, 4) is 11.5 Å². The number of methoxy groups -OCH3 is 1. The zero-order chi connectivity index (χ0) is 30.9. The van der Waals surface area contributed by atoms with Crippen LogP contribution in [-0.4, -0.2) is 84.9 Å². The van der Waals surface area contributed by atoms with E-state index in [4.69, 9.17) is 18.9 Å². The number of piperazine rings is 1. The van der Waals surface area contributed by atoms with Gasteiger partial charge in [0.15, 0.2) is 0 Å². The van der Waals surface area contributed by atoms with E-state index in [0.717, 1.165) is 0 Å².